The van der Waals surface area contributed by atoms with Crippen molar-refractivity contribution >= 4 is 22.6 Å². The number of fused-ring (bicyclic) bond motifs is 1. The third-order valence-corrected chi connectivity index (χ3v) is 5.40. The number of pyridine rings is 1. The number of carboxylic acid groups (broad SMARTS) is 1. The van der Waals surface area contributed by atoms with Gasteiger partial charge in [0.05, 0.1) is 16.6 Å². The molecular formula is C21H18F3N3O4. The fourth-order valence-electron chi connectivity index (χ4n) is 3.76. The number of aromatic nitrogens is 1. The zero-order valence-corrected chi connectivity index (χ0v) is 16.4. The Morgan fingerprint density at radius 1 is 1.03 bits per heavy atom. The fraction of sp³-hybridized carbons (Fsp3) is 0.238. The molecule has 0 bridgehead atoms. The van der Waals surface area contributed by atoms with Crippen LogP contribution in [0.1, 0.15) is 10.4 Å². The number of anilines is 1. The van der Waals surface area contributed by atoms with Gasteiger partial charge in [0, 0.05) is 38.4 Å². The van der Waals surface area contributed by atoms with E-state index in [9.17, 15) is 28.6 Å². The Kier molecular flexibility index (Phi) is 5.10. The first-order chi connectivity index (χ1) is 14.7. The van der Waals surface area contributed by atoms with Crippen molar-refractivity contribution in [2.45, 2.75) is 0 Å². The molecule has 2 N–H and O–H groups in total. The summed E-state index contributed by atoms with van der Waals surface area (Å²) >= 11 is 0. The van der Waals surface area contributed by atoms with Crippen LogP contribution in [0.25, 0.3) is 16.6 Å². The first kappa shape index (κ1) is 20.7. The van der Waals surface area contributed by atoms with Crippen LogP contribution in [0.15, 0.2) is 35.3 Å². The molecule has 0 amide bonds. The summed E-state index contributed by atoms with van der Waals surface area (Å²) in [5, 5.41) is 18.3. The predicted molar refractivity (Wildman–Crippen MR) is 108 cm³/mol. The number of hydrogen-bond acceptors (Lipinski definition) is 5. The van der Waals surface area contributed by atoms with E-state index >= 15 is 4.39 Å². The number of halogens is 3. The van der Waals surface area contributed by atoms with Gasteiger partial charge in [-0.15, -0.1) is 0 Å². The number of benzene rings is 2. The second kappa shape index (κ2) is 7.62. The number of rotatable bonds is 3. The van der Waals surface area contributed by atoms with Crippen LogP contribution < -0.4 is 10.3 Å². The summed E-state index contributed by atoms with van der Waals surface area (Å²) < 4.78 is 46.1. The summed E-state index contributed by atoms with van der Waals surface area (Å²) in [6.07, 6.45) is 0.803. The lowest BCUT2D eigenvalue weighted by atomic mass is 10.1. The highest BCUT2D eigenvalue weighted by molar-refractivity contribution is 5.94. The van der Waals surface area contributed by atoms with Gasteiger partial charge in [-0.3, -0.25) is 4.79 Å². The van der Waals surface area contributed by atoms with Gasteiger partial charge in [0.1, 0.15) is 22.8 Å². The number of aromatic carboxylic acids is 1. The monoisotopic (exact) mass is 433 g/mol. The van der Waals surface area contributed by atoms with E-state index in [4.69, 9.17) is 0 Å². The number of phenolic OH excluding ortho intramolecular Hbond substituents is 1. The van der Waals surface area contributed by atoms with E-state index in [-0.39, 0.29) is 11.4 Å². The SMILES string of the molecule is CN1CCN(c2c(F)cc3c(=O)c(C(=O)O)cn(-c4ccc(O)cc4F)c3c2F)CC1. The molecule has 1 aliphatic rings. The molecule has 10 heteroatoms. The number of aromatic hydroxyl groups is 1. The average molecular weight is 433 g/mol. The molecule has 4 rings (SSSR count). The largest absolute Gasteiger partial charge is 0.508 e. The van der Waals surface area contributed by atoms with Crippen molar-refractivity contribution in [3.63, 3.8) is 0 Å². The van der Waals surface area contributed by atoms with Crippen LogP contribution in [-0.2, 0) is 0 Å². The molecule has 1 aromatic heterocycles. The normalized spacial score (nSPS) is 14.9. The number of carbonyl (C=O) groups is 1. The third kappa shape index (κ3) is 3.48. The lowest BCUT2D eigenvalue weighted by Gasteiger charge is -2.34. The van der Waals surface area contributed by atoms with Crippen molar-refractivity contribution < 1.29 is 28.2 Å². The molecule has 0 spiro atoms. The van der Waals surface area contributed by atoms with Crippen LogP contribution in [0.3, 0.4) is 0 Å². The van der Waals surface area contributed by atoms with E-state index in [1.165, 1.54) is 4.90 Å². The maximum atomic E-state index is 15.7. The third-order valence-electron chi connectivity index (χ3n) is 5.40. The molecule has 0 atom stereocenters. The van der Waals surface area contributed by atoms with Crippen LogP contribution in [0.5, 0.6) is 5.75 Å². The van der Waals surface area contributed by atoms with Crippen molar-refractivity contribution in [2.24, 2.45) is 0 Å². The minimum atomic E-state index is -1.62. The van der Waals surface area contributed by atoms with Crippen LogP contribution in [-0.4, -0.2) is 58.9 Å². The minimum absolute atomic E-state index is 0.305. The van der Waals surface area contributed by atoms with Crippen molar-refractivity contribution in [1.82, 2.24) is 9.47 Å². The van der Waals surface area contributed by atoms with E-state index < -0.39 is 51.1 Å². The zero-order valence-electron chi connectivity index (χ0n) is 16.4. The second-order valence-electron chi connectivity index (χ2n) is 7.39. The van der Waals surface area contributed by atoms with Gasteiger partial charge in [0.15, 0.2) is 11.6 Å². The summed E-state index contributed by atoms with van der Waals surface area (Å²) in [6.45, 7) is 1.80. The molecule has 0 aliphatic carbocycles. The van der Waals surface area contributed by atoms with Gasteiger partial charge >= 0.3 is 5.97 Å². The van der Waals surface area contributed by atoms with Gasteiger partial charge in [-0.05, 0) is 25.2 Å². The highest BCUT2D eigenvalue weighted by atomic mass is 19.1. The molecular weight excluding hydrogens is 415 g/mol. The van der Waals surface area contributed by atoms with E-state index in [0.717, 1.165) is 35.0 Å². The number of hydrogen-bond donors (Lipinski definition) is 2. The molecule has 7 nitrogen and oxygen atoms in total. The molecule has 1 saturated heterocycles. The van der Waals surface area contributed by atoms with Crippen molar-refractivity contribution in [2.75, 3.05) is 38.1 Å². The zero-order chi connectivity index (χ0) is 22.4. The summed E-state index contributed by atoms with van der Waals surface area (Å²) in [4.78, 5) is 27.7. The van der Waals surface area contributed by atoms with Crippen LogP contribution in [0.4, 0.5) is 18.9 Å². The molecule has 162 valence electrons. The molecule has 3 aromatic rings. The Balaban J connectivity index is 2.07. The summed E-state index contributed by atoms with van der Waals surface area (Å²) in [6, 6.07) is 3.79. The average Bonchev–Trinajstić information content (AvgIpc) is 2.70. The number of phenols is 1. The van der Waals surface area contributed by atoms with Gasteiger partial charge in [-0.2, -0.15) is 0 Å². The summed E-state index contributed by atoms with van der Waals surface area (Å²) in [5.41, 5.74) is -2.97. The molecule has 0 saturated carbocycles. The molecule has 0 unspecified atom stereocenters. The van der Waals surface area contributed by atoms with Crippen molar-refractivity contribution in [3.8, 4) is 11.4 Å². The van der Waals surface area contributed by atoms with Crippen molar-refractivity contribution in [1.29, 1.82) is 0 Å². The Morgan fingerprint density at radius 3 is 2.32 bits per heavy atom. The summed E-state index contributed by atoms with van der Waals surface area (Å²) in [7, 11) is 1.88. The molecule has 31 heavy (non-hydrogen) atoms. The molecule has 2 aromatic carbocycles. The first-order valence-electron chi connectivity index (χ1n) is 9.42. The highest BCUT2D eigenvalue weighted by Crippen LogP contribution is 2.32. The Bertz CT molecular complexity index is 1270. The van der Waals surface area contributed by atoms with E-state index in [2.05, 4.69) is 0 Å². The summed E-state index contributed by atoms with van der Waals surface area (Å²) in [5.74, 6) is -5.10. The van der Waals surface area contributed by atoms with Crippen LogP contribution in [0.2, 0.25) is 0 Å². The number of nitrogens with zero attached hydrogens (tertiary/aromatic N) is 3. The number of carboxylic acids is 1. The smallest absolute Gasteiger partial charge is 0.341 e. The molecule has 1 fully saturated rings. The lowest BCUT2D eigenvalue weighted by molar-refractivity contribution is 0.0695. The maximum absolute atomic E-state index is 15.7. The molecule has 0 radical (unpaired) electrons. The van der Waals surface area contributed by atoms with Crippen LogP contribution in [0, 0.1) is 17.5 Å². The molecule has 2 heterocycles. The first-order valence-corrected chi connectivity index (χ1v) is 9.42. The standard InChI is InChI=1S/C21H18F3N3O4/c1-25-4-6-26(7-5-25)19-15(23)9-12-18(17(19)24)27(10-13(20(12)29)21(30)31)16-3-2-11(28)8-14(16)22/h2-3,8-10,28H,4-7H2,1H3,(H,30,31). The van der Waals surface area contributed by atoms with E-state index in [1.807, 2.05) is 11.9 Å². The van der Waals surface area contributed by atoms with Gasteiger partial charge < -0.3 is 24.6 Å². The maximum Gasteiger partial charge on any atom is 0.341 e. The van der Waals surface area contributed by atoms with E-state index in [0.29, 0.717) is 26.2 Å². The second-order valence-corrected chi connectivity index (χ2v) is 7.39. The fourth-order valence-corrected chi connectivity index (χ4v) is 3.76. The number of piperazine rings is 1. The Labute approximate surface area is 174 Å². The minimum Gasteiger partial charge on any atom is -0.508 e. The predicted octanol–water partition coefficient (Wildman–Crippen LogP) is 2.56. The van der Waals surface area contributed by atoms with Gasteiger partial charge in [-0.1, -0.05) is 0 Å². The van der Waals surface area contributed by atoms with Crippen molar-refractivity contribution in [3.05, 3.63) is 63.7 Å². The Morgan fingerprint density at radius 2 is 1.71 bits per heavy atom. The topological polar surface area (TPSA) is 86.0 Å². The van der Waals surface area contributed by atoms with Gasteiger partial charge in [0.2, 0.25) is 5.43 Å². The number of likely N-dealkylation sites (N-methyl/N-ethyl adjacent to an activating group) is 1. The van der Waals surface area contributed by atoms with Gasteiger partial charge in [-0.25, -0.2) is 18.0 Å². The quantitative estimate of drug-likeness (QED) is 0.661. The van der Waals surface area contributed by atoms with Gasteiger partial charge in [0.25, 0.3) is 0 Å². The van der Waals surface area contributed by atoms with E-state index in [1.54, 1.807) is 0 Å². The lowest BCUT2D eigenvalue weighted by Crippen LogP contribution is -2.45. The Hall–Kier alpha value is -3.53. The molecule has 1 aliphatic heterocycles. The highest BCUT2D eigenvalue weighted by Gasteiger charge is 2.27. The van der Waals surface area contributed by atoms with Crippen LogP contribution >= 0.6 is 0 Å².